The number of rotatable bonds is 6. The number of anilines is 1. The molecule has 4 nitrogen and oxygen atoms in total. The molecule has 0 amide bonds. The van der Waals surface area contributed by atoms with Crippen LogP contribution < -0.4 is 14.4 Å². The van der Waals surface area contributed by atoms with Crippen LogP contribution in [-0.2, 0) is 0 Å². The fraction of sp³-hybridized carbons (Fsp3) is 0.533. The Morgan fingerprint density at radius 2 is 1.89 bits per heavy atom. The summed E-state index contributed by atoms with van der Waals surface area (Å²) in [4.78, 5) is 2.04. The Balaban J connectivity index is 3.07. The quantitative estimate of drug-likeness (QED) is 0.790. The molecule has 0 saturated carbocycles. The summed E-state index contributed by atoms with van der Waals surface area (Å²) in [5.41, 5.74) is 1.97. The molecule has 0 spiro atoms. The smallest absolute Gasteiger partial charge is 0.142 e. The Morgan fingerprint density at radius 3 is 2.37 bits per heavy atom. The first-order chi connectivity index (χ1) is 9.07. The summed E-state index contributed by atoms with van der Waals surface area (Å²) < 4.78 is 10.8. The third-order valence-electron chi connectivity index (χ3n) is 3.28. The number of nitriles is 1. The van der Waals surface area contributed by atoms with Crippen LogP contribution in [-0.4, -0.2) is 27.8 Å². The molecule has 1 aromatic carbocycles. The lowest BCUT2D eigenvalue weighted by atomic mass is 10.1. The Bertz CT molecular complexity index is 466. The van der Waals surface area contributed by atoms with Crippen molar-refractivity contribution in [1.82, 2.24) is 0 Å². The van der Waals surface area contributed by atoms with Gasteiger partial charge in [0.1, 0.15) is 11.5 Å². The van der Waals surface area contributed by atoms with E-state index < -0.39 is 0 Å². The molecule has 0 fully saturated rings. The summed E-state index contributed by atoms with van der Waals surface area (Å²) in [6.07, 6.45) is 0.839. The lowest BCUT2D eigenvalue weighted by Crippen LogP contribution is -2.24. The van der Waals surface area contributed by atoms with E-state index in [0.717, 1.165) is 29.2 Å². The number of benzene rings is 1. The van der Waals surface area contributed by atoms with E-state index in [1.807, 2.05) is 37.9 Å². The minimum absolute atomic E-state index is 0.0157. The van der Waals surface area contributed by atoms with Crippen molar-refractivity contribution < 1.29 is 9.47 Å². The Labute approximate surface area is 115 Å². The second-order valence-electron chi connectivity index (χ2n) is 4.61. The van der Waals surface area contributed by atoms with E-state index in [1.165, 1.54) is 0 Å². The van der Waals surface area contributed by atoms with Crippen LogP contribution in [0, 0.1) is 24.2 Å². The predicted molar refractivity (Wildman–Crippen MR) is 76.9 cm³/mol. The van der Waals surface area contributed by atoms with Gasteiger partial charge in [-0.15, -0.1) is 0 Å². The van der Waals surface area contributed by atoms with Crippen molar-refractivity contribution in [1.29, 1.82) is 5.26 Å². The zero-order valence-electron chi connectivity index (χ0n) is 12.4. The molecular formula is C15H22N2O2. The van der Waals surface area contributed by atoms with Gasteiger partial charge in [-0.1, -0.05) is 6.92 Å². The highest BCUT2D eigenvalue weighted by atomic mass is 16.5. The van der Waals surface area contributed by atoms with Crippen LogP contribution in [0.15, 0.2) is 12.1 Å². The highest BCUT2D eigenvalue weighted by molar-refractivity contribution is 5.63. The molecule has 1 atom stereocenters. The van der Waals surface area contributed by atoms with E-state index in [9.17, 15) is 0 Å². The minimum Gasteiger partial charge on any atom is -0.496 e. The largest absolute Gasteiger partial charge is 0.496 e. The monoisotopic (exact) mass is 262 g/mol. The van der Waals surface area contributed by atoms with Crippen molar-refractivity contribution >= 4 is 5.69 Å². The molecule has 0 N–H and O–H groups in total. The molecule has 0 aromatic heterocycles. The molecular weight excluding hydrogens is 240 g/mol. The molecule has 0 aliphatic heterocycles. The Kier molecular flexibility index (Phi) is 5.50. The van der Waals surface area contributed by atoms with E-state index >= 15 is 0 Å². The first-order valence-corrected chi connectivity index (χ1v) is 6.40. The number of hydrogen-bond acceptors (Lipinski definition) is 4. The van der Waals surface area contributed by atoms with Gasteiger partial charge in [0.25, 0.3) is 0 Å². The van der Waals surface area contributed by atoms with Gasteiger partial charge in [-0.3, -0.25) is 0 Å². The number of aryl methyl sites for hydroxylation is 1. The van der Waals surface area contributed by atoms with Crippen LogP contribution in [0.1, 0.15) is 18.9 Å². The van der Waals surface area contributed by atoms with Gasteiger partial charge in [-0.2, -0.15) is 5.26 Å². The summed E-state index contributed by atoms with van der Waals surface area (Å²) in [6, 6.07) is 6.23. The number of methoxy groups -OCH3 is 2. The number of ether oxygens (including phenoxy) is 2. The average Bonchev–Trinajstić information content (AvgIpc) is 2.43. The van der Waals surface area contributed by atoms with Crippen LogP contribution in [0.2, 0.25) is 0 Å². The number of nitrogens with zero attached hydrogens (tertiary/aromatic N) is 2. The molecule has 0 heterocycles. The lowest BCUT2D eigenvalue weighted by molar-refractivity contribution is 0.400. The summed E-state index contributed by atoms with van der Waals surface area (Å²) in [5, 5.41) is 9.06. The van der Waals surface area contributed by atoms with Gasteiger partial charge in [0, 0.05) is 19.7 Å². The molecule has 4 heteroatoms. The van der Waals surface area contributed by atoms with Gasteiger partial charge in [0.2, 0.25) is 0 Å². The Hall–Kier alpha value is -1.89. The molecule has 0 saturated heterocycles. The second kappa shape index (κ2) is 6.89. The van der Waals surface area contributed by atoms with Crippen LogP contribution in [0.4, 0.5) is 5.69 Å². The van der Waals surface area contributed by atoms with Gasteiger partial charge in [0.15, 0.2) is 0 Å². The summed E-state index contributed by atoms with van der Waals surface area (Å²) >= 11 is 0. The maximum atomic E-state index is 9.06. The highest BCUT2D eigenvalue weighted by Gasteiger charge is 2.15. The van der Waals surface area contributed by atoms with Crippen molar-refractivity contribution in [3.05, 3.63) is 17.7 Å². The first-order valence-electron chi connectivity index (χ1n) is 6.40. The first kappa shape index (κ1) is 15.2. The molecule has 0 radical (unpaired) electrons. The van der Waals surface area contributed by atoms with Crippen LogP contribution in [0.3, 0.4) is 0 Å². The fourth-order valence-electron chi connectivity index (χ4n) is 2.02. The molecule has 1 rings (SSSR count). The molecule has 1 aromatic rings. The van der Waals surface area contributed by atoms with Gasteiger partial charge in [-0.25, -0.2) is 0 Å². The molecule has 1 unspecified atom stereocenters. The zero-order valence-corrected chi connectivity index (χ0v) is 12.4. The second-order valence-corrected chi connectivity index (χ2v) is 4.61. The highest BCUT2D eigenvalue weighted by Crippen LogP contribution is 2.34. The lowest BCUT2D eigenvalue weighted by Gasteiger charge is -2.24. The molecule has 104 valence electrons. The zero-order chi connectivity index (χ0) is 14.4. The van der Waals surface area contributed by atoms with E-state index in [4.69, 9.17) is 14.7 Å². The van der Waals surface area contributed by atoms with Gasteiger partial charge in [-0.05, 0) is 25.0 Å². The standard InChI is InChI=1S/C15H22N2O2/c1-6-12(9-16)10-17(3)13-8-14(18-4)11(2)7-15(13)19-5/h7-8,12H,6,10H2,1-5H3. The van der Waals surface area contributed by atoms with Crippen LogP contribution in [0.25, 0.3) is 0 Å². The summed E-state index contributed by atoms with van der Waals surface area (Å²) in [6.45, 7) is 4.68. The predicted octanol–water partition coefficient (Wildman–Crippen LogP) is 3.00. The van der Waals surface area contributed by atoms with Crippen molar-refractivity contribution in [3.8, 4) is 17.6 Å². The van der Waals surface area contributed by atoms with Crippen LogP contribution in [0.5, 0.6) is 11.5 Å². The molecule has 0 aliphatic carbocycles. The Morgan fingerprint density at radius 1 is 1.26 bits per heavy atom. The summed E-state index contributed by atoms with van der Waals surface area (Å²) in [7, 11) is 5.27. The van der Waals surface area contributed by atoms with Gasteiger partial charge in [0.05, 0.1) is 31.9 Å². The van der Waals surface area contributed by atoms with E-state index in [0.29, 0.717) is 6.54 Å². The molecule has 0 aliphatic rings. The maximum Gasteiger partial charge on any atom is 0.142 e. The van der Waals surface area contributed by atoms with Crippen molar-refractivity contribution in [2.75, 3.05) is 32.7 Å². The van der Waals surface area contributed by atoms with E-state index in [-0.39, 0.29) is 5.92 Å². The van der Waals surface area contributed by atoms with Crippen molar-refractivity contribution in [3.63, 3.8) is 0 Å². The van der Waals surface area contributed by atoms with Gasteiger partial charge < -0.3 is 14.4 Å². The van der Waals surface area contributed by atoms with Crippen LogP contribution >= 0.6 is 0 Å². The third kappa shape index (κ3) is 3.54. The SMILES string of the molecule is CCC(C#N)CN(C)c1cc(OC)c(C)cc1OC. The maximum absolute atomic E-state index is 9.06. The number of hydrogen-bond donors (Lipinski definition) is 0. The normalized spacial score (nSPS) is 11.6. The minimum atomic E-state index is 0.0157. The molecule has 19 heavy (non-hydrogen) atoms. The summed E-state index contributed by atoms with van der Waals surface area (Å²) in [5.74, 6) is 1.64. The van der Waals surface area contributed by atoms with E-state index in [1.54, 1.807) is 14.2 Å². The topological polar surface area (TPSA) is 45.5 Å². The van der Waals surface area contributed by atoms with E-state index in [2.05, 4.69) is 6.07 Å². The average molecular weight is 262 g/mol. The van der Waals surface area contributed by atoms with Gasteiger partial charge >= 0.3 is 0 Å². The molecule has 0 bridgehead atoms. The fourth-order valence-corrected chi connectivity index (χ4v) is 2.02. The van der Waals surface area contributed by atoms with Crippen molar-refractivity contribution in [2.45, 2.75) is 20.3 Å². The van der Waals surface area contributed by atoms with Crippen molar-refractivity contribution in [2.24, 2.45) is 5.92 Å². The third-order valence-corrected chi connectivity index (χ3v) is 3.28.